The van der Waals surface area contributed by atoms with Crippen molar-refractivity contribution in [3.63, 3.8) is 0 Å². The molecule has 0 spiro atoms. The molecule has 4 aromatic rings. The number of sulfonamides is 1. The third-order valence-corrected chi connectivity index (χ3v) is 10.6. The van der Waals surface area contributed by atoms with E-state index >= 15 is 0 Å². The number of benzene rings is 3. The molecule has 0 radical (unpaired) electrons. The average molecular weight is 702 g/mol. The molecule has 2 aliphatic rings. The highest BCUT2D eigenvalue weighted by atomic mass is 32.2. The fourth-order valence-electron chi connectivity index (χ4n) is 6.11. The molecule has 0 aliphatic carbocycles. The molecule has 262 valence electrons. The van der Waals surface area contributed by atoms with Crippen LogP contribution in [-0.4, -0.2) is 84.9 Å². The predicted octanol–water partition coefficient (Wildman–Crippen LogP) is 4.38. The first-order valence-electron chi connectivity index (χ1n) is 16.5. The number of nitrogens with one attached hydrogen (secondary N) is 1. The second-order valence-electron chi connectivity index (χ2n) is 12.8. The Morgan fingerprint density at radius 2 is 1.76 bits per heavy atom. The van der Waals surface area contributed by atoms with Gasteiger partial charge in [-0.05, 0) is 72.9 Å². The van der Waals surface area contributed by atoms with E-state index in [2.05, 4.69) is 21.5 Å². The molecule has 0 bridgehead atoms. The molecule has 2 N–H and O–H groups in total. The first-order valence-corrected chi connectivity index (χ1v) is 17.9. The Morgan fingerprint density at radius 3 is 2.46 bits per heavy atom. The summed E-state index contributed by atoms with van der Waals surface area (Å²) in [4.78, 5) is 17.6. The van der Waals surface area contributed by atoms with E-state index in [9.17, 15) is 18.3 Å². The summed E-state index contributed by atoms with van der Waals surface area (Å²) in [6.45, 7) is 4.39. The van der Waals surface area contributed by atoms with Gasteiger partial charge in [0, 0.05) is 24.2 Å². The lowest BCUT2D eigenvalue weighted by Crippen LogP contribution is -2.51. The van der Waals surface area contributed by atoms with Gasteiger partial charge in [0.1, 0.15) is 6.10 Å². The Kier molecular flexibility index (Phi) is 10.9. The van der Waals surface area contributed by atoms with Crippen molar-refractivity contribution in [2.45, 2.75) is 56.1 Å². The van der Waals surface area contributed by atoms with Crippen LogP contribution in [0.3, 0.4) is 0 Å². The molecule has 5 atom stereocenters. The molecule has 50 heavy (non-hydrogen) atoms. The van der Waals surface area contributed by atoms with Crippen molar-refractivity contribution in [1.82, 2.24) is 19.8 Å². The fraction of sp³-hybridized carbons (Fsp3) is 0.389. The smallest absolute Gasteiger partial charge is 0.407 e. The predicted molar refractivity (Wildman–Crippen MR) is 181 cm³/mol. The maximum atomic E-state index is 14.0. The highest BCUT2D eigenvalue weighted by molar-refractivity contribution is 7.89. The molecule has 14 heteroatoms. The number of amides is 1. The average Bonchev–Trinajstić information content (AvgIpc) is 3.88. The number of aliphatic hydroxyl groups is 1. The van der Waals surface area contributed by atoms with E-state index in [1.165, 1.54) is 16.4 Å². The van der Waals surface area contributed by atoms with Gasteiger partial charge in [0.2, 0.25) is 15.8 Å². The summed E-state index contributed by atoms with van der Waals surface area (Å²) >= 11 is 0. The van der Waals surface area contributed by atoms with Crippen molar-refractivity contribution in [2.24, 2.45) is 11.8 Å². The maximum absolute atomic E-state index is 14.0. The summed E-state index contributed by atoms with van der Waals surface area (Å²) in [7, 11) is -4.09. The second kappa shape index (κ2) is 15.5. The van der Waals surface area contributed by atoms with Gasteiger partial charge >= 0.3 is 6.09 Å². The molecular weight excluding hydrogens is 662 g/mol. The van der Waals surface area contributed by atoms with Crippen molar-refractivity contribution < 1.29 is 37.1 Å². The number of hydrogen-bond acceptors (Lipinski definition) is 11. The maximum Gasteiger partial charge on any atom is 0.407 e. The number of ether oxygens (including phenoxy) is 3. The summed E-state index contributed by atoms with van der Waals surface area (Å²) in [6, 6.07) is 23.3. The van der Waals surface area contributed by atoms with E-state index in [0.717, 1.165) is 12.0 Å². The minimum atomic E-state index is -4.09. The zero-order valence-corrected chi connectivity index (χ0v) is 28.5. The third-order valence-electron chi connectivity index (χ3n) is 8.71. The minimum absolute atomic E-state index is 0.0199. The molecule has 1 aromatic heterocycles. The number of aliphatic hydroxyl groups excluding tert-OH is 1. The summed E-state index contributed by atoms with van der Waals surface area (Å²) in [5, 5.41) is 27.5. The van der Waals surface area contributed by atoms with Crippen LogP contribution in [0.5, 0.6) is 0 Å². The largest absolute Gasteiger partial charge is 0.443 e. The lowest BCUT2D eigenvalue weighted by molar-refractivity contribution is -0.0907. The Labute approximate surface area is 290 Å². The number of fused-ring (bicyclic) bond motifs is 1. The van der Waals surface area contributed by atoms with Crippen LogP contribution in [0.2, 0.25) is 0 Å². The van der Waals surface area contributed by atoms with Gasteiger partial charge < -0.3 is 29.2 Å². The highest BCUT2D eigenvalue weighted by Gasteiger charge is 2.44. The van der Waals surface area contributed by atoms with E-state index in [-0.39, 0.29) is 60.9 Å². The quantitative estimate of drug-likeness (QED) is 0.202. The van der Waals surface area contributed by atoms with Crippen LogP contribution in [0.25, 0.3) is 22.8 Å². The van der Waals surface area contributed by atoms with Crippen molar-refractivity contribution in [3.8, 4) is 28.9 Å². The van der Waals surface area contributed by atoms with Crippen LogP contribution in [0, 0.1) is 23.2 Å². The molecule has 2 aliphatic heterocycles. The van der Waals surface area contributed by atoms with Gasteiger partial charge in [-0.25, -0.2) is 13.2 Å². The van der Waals surface area contributed by atoms with E-state index in [0.29, 0.717) is 23.3 Å². The zero-order valence-electron chi connectivity index (χ0n) is 27.7. The molecular formula is C36H39N5O8S. The Balaban J connectivity index is 1.17. The number of carbonyl (C=O) groups excluding carboxylic acids is 1. The van der Waals surface area contributed by atoms with E-state index in [1.807, 2.05) is 44.2 Å². The summed E-state index contributed by atoms with van der Waals surface area (Å²) in [5.41, 5.74) is 2.53. The summed E-state index contributed by atoms with van der Waals surface area (Å²) in [6.07, 6.45) is -1.90. The number of aromatic nitrogens is 2. The van der Waals surface area contributed by atoms with Crippen molar-refractivity contribution in [3.05, 3.63) is 90.0 Å². The summed E-state index contributed by atoms with van der Waals surface area (Å²) < 4.78 is 51.5. The first-order chi connectivity index (χ1) is 24.1. The molecule has 1 amide bonds. The molecule has 3 unspecified atom stereocenters. The van der Waals surface area contributed by atoms with Crippen molar-refractivity contribution in [2.75, 3.05) is 26.3 Å². The first kappa shape index (κ1) is 35.2. The van der Waals surface area contributed by atoms with Crippen molar-refractivity contribution >= 4 is 16.1 Å². The lowest BCUT2D eigenvalue weighted by Gasteiger charge is -2.31. The van der Waals surface area contributed by atoms with Gasteiger partial charge in [-0.3, -0.25) is 0 Å². The van der Waals surface area contributed by atoms with Crippen LogP contribution in [0.15, 0.2) is 88.3 Å². The van der Waals surface area contributed by atoms with Gasteiger partial charge in [0.05, 0.1) is 47.8 Å². The molecule has 2 fully saturated rings. The third kappa shape index (κ3) is 8.20. The number of nitriles is 1. The second-order valence-corrected chi connectivity index (χ2v) is 14.8. The molecule has 3 heterocycles. The molecule has 2 saturated heterocycles. The van der Waals surface area contributed by atoms with E-state index in [4.69, 9.17) is 24.0 Å². The summed E-state index contributed by atoms with van der Waals surface area (Å²) in [5.74, 6) is 0.408. The van der Waals surface area contributed by atoms with Gasteiger partial charge in [0.15, 0.2) is 6.29 Å². The Hall–Kier alpha value is -4.65. The van der Waals surface area contributed by atoms with E-state index in [1.54, 1.807) is 36.4 Å². The highest BCUT2D eigenvalue weighted by Crippen LogP contribution is 2.33. The van der Waals surface area contributed by atoms with Gasteiger partial charge in [-0.2, -0.15) is 14.6 Å². The number of alkyl carbamates (subject to hydrolysis) is 1. The van der Waals surface area contributed by atoms with Gasteiger partial charge in [-0.15, -0.1) is 0 Å². The van der Waals surface area contributed by atoms with Gasteiger partial charge in [0.25, 0.3) is 5.89 Å². The normalized spacial score (nSPS) is 20.0. The molecule has 6 rings (SSSR count). The Morgan fingerprint density at radius 1 is 1.04 bits per heavy atom. The van der Waals surface area contributed by atoms with Crippen LogP contribution in [-0.2, 0) is 30.7 Å². The van der Waals surface area contributed by atoms with Crippen LogP contribution < -0.4 is 5.32 Å². The van der Waals surface area contributed by atoms with Gasteiger partial charge in [-0.1, -0.05) is 49.3 Å². The van der Waals surface area contributed by atoms with Crippen molar-refractivity contribution in [1.29, 1.82) is 5.26 Å². The number of hydrogen-bond donors (Lipinski definition) is 2. The van der Waals surface area contributed by atoms with Crippen LogP contribution >= 0.6 is 0 Å². The number of carbonyl (C=O) groups is 1. The SMILES string of the molecule is CC(C)CN(C[C@@H](O)[C@H](Cc1ccccc1)NC(=O)OC1COC2OCCC12)S(=O)(=O)c1ccc(-c2noc(-c3ccc(C#N)cc3)n2)cc1. The standard InChI is InChI=1S/C36H39N5O8S/c1-23(2)20-41(50(44,45)28-14-12-26(13-15-28)33-39-34(49-40-33)27-10-8-25(19-37)9-11-27)21-31(42)30(18-24-6-4-3-5-7-24)38-36(43)48-32-22-47-35-29(32)16-17-46-35/h3-15,23,29-32,35,42H,16-18,20-22H2,1-2H3,(H,38,43)/t29?,30-,31+,32?,35?/m0/s1. The number of nitrogens with zero attached hydrogens (tertiary/aromatic N) is 4. The monoisotopic (exact) mass is 701 g/mol. The van der Waals surface area contributed by atoms with E-state index < -0.39 is 34.4 Å². The zero-order chi connectivity index (χ0) is 35.3. The van der Waals surface area contributed by atoms with Crippen LogP contribution in [0.1, 0.15) is 31.4 Å². The molecule has 0 saturated carbocycles. The molecule has 13 nitrogen and oxygen atoms in total. The lowest BCUT2D eigenvalue weighted by atomic mass is 10.0. The molecule has 3 aromatic carbocycles. The fourth-order valence-corrected chi connectivity index (χ4v) is 7.73. The topological polar surface area (TPSA) is 177 Å². The van der Waals surface area contributed by atoms with Crippen LogP contribution in [0.4, 0.5) is 4.79 Å². The Bertz CT molecular complexity index is 1900. The number of rotatable bonds is 13. The minimum Gasteiger partial charge on any atom is -0.443 e.